The van der Waals surface area contributed by atoms with Gasteiger partial charge in [-0.1, -0.05) is 0 Å². The molecule has 8 N–H and O–H groups in total. The molecule has 11 nitrogen and oxygen atoms in total. The number of aromatic hydroxyl groups is 8. The van der Waals surface area contributed by atoms with Crippen LogP contribution in [-0.4, -0.2) is 52.9 Å². The van der Waals surface area contributed by atoms with Crippen molar-refractivity contribution in [2.24, 2.45) is 0 Å². The maximum Gasteiger partial charge on any atom is 0.338 e. The third-order valence-corrected chi connectivity index (χ3v) is 5.15. The van der Waals surface area contributed by atoms with Gasteiger partial charge in [-0.3, -0.25) is 0 Å². The Bertz CT molecular complexity index is 1220. The maximum atomic E-state index is 12.7. The van der Waals surface area contributed by atoms with E-state index in [2.05, 4.69) is 0 Å². The highest BCUT2D eigenvalue weighted by molar-refractivity contribution is 5.91. The first kappa shape index (κ1) is 21.6. The molecule has 0 bridgehead atoms. The normalized spacial score (nSPS) is 17.1. The Labute approximate surface area is 185 Å². The maximum absolute atomic E-state index is 12.7. The van der Waals surface area contributed by atoms with E-state index >= 15 is 0 Å². The molecule has 4 rings (SSSR count). The minimum absolute atomic E-state index is 0.0436. The van der Waals surface area contributed by atoms with Gasteiger partial charge in [0.15, 0.2) is 52.1 Å². The van der Waals surface area contributed by atoms with Crippen LogP contribution in [0.3, 0.4) is 0 Å². The van der Waals surface area contributed by atoms with Crippen molar-refractivity contribution in [3.63, 3.8) is 0 Å². The van der Waals surface area contributed by atoms with E-state index in [1.807, 2.05) is 0 Å². The van der Waals surface area contributed by atoms with Crippen LogP contribution in [-0.2, 0) is 11.2 Å². The Balaban J connectivity index is 1.74. The number of phenolic OH excluding ortho intramolecular Hbond substituents is 8. The van der Waals surface area contributed by atoms with Crippen LogP contribution in [0.2, 0.25) is 0 Å². The number of carbonyl (C=O) groups is 1. The first-order valence-corrected chi connectivity index (χ1v) is 9.47. The van der Waals surface area contributed by atoms with Gasteiger partial charge in [-0.25, -0.2) is 4.79 Å². The summed E-state index contributed by atoms with van der Waals surface area (Å²) in [5.74, 6) is -6.19. The van der Waals surface area contributed by atoms with Gasteiger partial charge in [-0.15, -0.1) is 0 Å². The van der Waals surface area contributed by atoms with Gasteiger partial charge in [0.25, 0.3) is 0 Å². The summed E-state index contributed by atoms with van der Waals surface area (Å²) in [6, 6.07) is 6.30. The SMILES string of the molecule is O=C(O[C@@H]1Cc2cc(O)c(O)cc2O[C@@H]1c1cc(O)c(O)c(O)c1)c1cc(O)c(O)c(O)c1. The summed E-state index contributed by atoms with van der Waals surface area (Å²) < 4.78 is 11.3. The fourth-order valence-corrected chi connectivity index (χ4v) is 3.51. The van der Waals surface area contributed by atoms with Gasteiger partial charge >= 0.3 is 5.97 Å². The lowest BCUT2D eigenvalue weighted by molar-refractivity contribution is -0.0185. The molecule has 0 unspecified atom stereocenters. The van der Waals surface area contributed by atoms with Crippen molar-refractivity contribution in [2.45, 2.75) is 18.6 Å². The zero-order valence-electron chi connectivity index (χ0n) is 16.6. The number of esters is 1. The number of benzene rings is 3. The number of fused-ring (bicyclic) bond motifs is 1. The van der Waals surface area contributed by atoms with E-state index in [0.717, 1.165) is 30.3 Å². The molecule has 172 valence electrons. The molecule has 1 heterocycles. The second kappa shape index (κ2) is 7.79. The van der Waals surface area contributed by atoms with Crippen LogP contribution in [0.1, 0.15) is 27.6 Å². The molecule has 1 aliphatic heterocycles. The molecule has 0 aliphatic carbocycles. The average molecular weight is 458 g/mol. The van der Waals surface area contributed by atoms with Crippen LogP contribution in [0.4, 0.5) is 0 Å². The molecule has 0 saturated heterocycles. The lowest BCUT2D eigenvalue weighted by Crippen LogP contribution is -2.34. The summed E-state index contributed by atoms with van der Waals surface area (Å²) >= 11 is 0. The van der Waals surface area contributed by atoms with E-state index in [4.69, 9.17) is 9.47 Å². The smallest absolute Gasteiger partial charge is 0.338 e. The average Bonchev–Trinajstić information content (AvgIpc) is 2.75. The third-order valence-electron chi connectivity index (χ3n) is 5.15. The van der Waals surface area contributed by atoms with Crippen molar-refractivity contribution in [1.82, 2.24) is 0 Å². The summed E-state index contributed by atoms with van der Waals surface area (Å²) in [5, 5.41) is 77.8. The van der Waals surface area contributed by atoms with Crippen molar-refractivity contribution < 1.29 is 55.1 Å². The predicted octanol–water partition coefficient (Wildman–Crippen LogP) is 2.23. The summed E-state index contributed by atoms with van der Waals surface area (Å²) in [7, 11) is 0. The van der Waals surface area contributed by atoms with E-state index in [-0.39, 0.29) is 23.3 Å². The number of phenols is 8. The van der Waals surface area contributed by atoms with Crippen molar-refractivity contribution in [3.05, 3.63) is 53.1 Å². The Kier molecular flexibility index (Phi) is 5.09. The van der Waals surface area contributed by atoms with Gasteiger partial charge in [-0.2, -0.15) is 0 Å². The van der Waals surface area contributed by atoms with Gasteiger partial charge in [0.05, 0.1) is 5.56 Å². The summed E-state index contributed by atoms with van der Waals surface area (Å²) in [4.78, 5) is 12.7. The molecule has 0 spiro atoms. The molecular weight excluding hydrogens is 440 g/mol. The minimum atomic E-state index is -1.15. The Morgan fingerprint density at radius 1 is 0.727 bits per heavy atom. The molecule has 0 saturated carbocycles. The Morgan fingerprint density at radius 3 is 1.82 bits per heavy atom. The molecule has 3 aromatic carbocycles. The van der Waals surface area contributed by atoms with Crippen LogP contribution < -0.4 is 4.74 Å². The van der Waals surface area contributed by atoms with Crippen LogP contribution in [0, 0.1) is 0 Å². The standard InChI is InChI=1S/C22H18O11/c23-11-1-8-6-18(33-22(31)10-4-15(27)20(30)16(28)5-10)21(32-17(8)7-12(11)24)9-2-13(25)19(29)14(26)3-9/h1-5,7,18,21,23-30H,6H2/t18-,21-/m1/s1. The Hall–Kier alpha value is -4.67. The van der Waals surface area contributed by atoms with Crippen molar-refractivity contribution in [1.29, 1.82) is 0 Å². The topological polar surface area (TPSA) is 197 Å². The second-order valence-electron chi connectivity index (χ2n) is 7.41. The molecule has 0 aromatic heterocycles. The molecule has 1 aliphatic rings. The van der Waals surface area contributed by atoms with Crippen molar-refractivity contribution in [2.75, 3.05) is 0 Å². The van der Waals surface area contributed by atoms with Gasteiger partial charge in [0, 0.05) is 23.6 Å². The predicted molar refractivity (Wildman–Crippen MR) is 109 cm³/mol. The second-order valence-corrected chi connectivity index (χ2v) is 7.41. The lowest BCUT2D eigenvalue weighted by Gasteiger charge is -2.34. The van der Waals surface area contributed by atoms with Crippen molar-refractivity contribution >= 4 is 5.97 Å². The van der Waals surface area contributed by atoms with Crippen LogP contribution >= 0.6 is 0 Å². The zero-order chi connectivity index (χ0) is 24.0. The van der Waals surface area contributed by atoms with Gasteiger partial charge in [0.2, 0.25) is 0 Å². The molecular formula is C22H18O11. The van der Waals surface area contributed by atoms with Gasteiger partial charge in [-0.05, 0) is 30.3 Å². The molecule has 11 heteroatoms. The number of hydrogen-bond donors (Lipinski definition) is 8. The summed E-state index contributed by atoms with van der Waals surface area (Å²) in [6.45, 7) is 0. The first-order chi connectivity index (χ1) is 15.5. The number of carbonyl (C=O) groups excluding carboxylic acids is 1. The largest absolute Gasteiger partial charge is 0.504 e. The molecule has 33 heavy (non-hydrogen) atoms. The number of hydrogen-bond acceptors (Lipinski definition) is 11. The Morgan fingerprint density at radius 2 is 1.24 bits per heavy atom. The van der Waals surface area contributed by atoms with E-state index in [0.29, 0.717) is 5.56 Å². The monoisotopic (exact) mass is 458 g/mol. The highest BCUT2D eigenvalue weighted by atomic mass is 16.6. The van der Waals surface area contributed by atoms with Gasteiger partial charge < -0.3 is 50.3 Å². The van der Waals surface area contributed by atoms with E-state index in [9.17, 15) is 45.6 Å². The molecule has 2 atom stereocenters. The summed E-state index contributed by atoms with van der Waals surface area (Å²) in [5.41, 5.74) is 0.176. The third kappa shape index (κ3) is 3.87. The highest BCUT2D eigenvalue weighted by Crippen LogP contribution is 2.45. The molecule has 0 radical (unpaired) electrons. The zero-order valence-corrected chi connectivity index (χ0v) is 16.6. The fraction of sp³-hybridized carbons (Fsp3) is 0.136. The number of ether oxygens (including phenoxy) is 2. The quantitative estimate of drug-likeness (QED) is 0.212. The summed E-state index contributed by atoms with van der Waals surface area (Å²) in [6.07, 6.45) is -2.32. The first-order valence-electron chi connectivity index (χ1n) is 9.47. The van der Waals surface area contributed by atoms with Gasteiger partial charge in [0.1, 0.15) is 11.9 Å². The lowest BCUT2D eigenvalue weighted by atomic mass is 9.93. The van der Waals surface area contributed by atoms with Crippen LogP contribution in [0.15, 0.2) is 36.4 Å². The van der Waals surface area contributed by atoms with Crippen LogP contribution in [0.5, 0.6) is 51.7 Å². The molecule has 0 amide bonds. The van der Waals surface area contributed by atoms with E-state index in [1.165, 1.54) is 6.07 Å². The fourth-order valence-electron chi connectivity index (χ4n) is 3.51. The highest BCUT2D eigenvalue weighted by Gasteiger charge is 2.36. The minimum Gasteiger partial charge on any atom is -0.504 e. The van der Waals surface area contributed by atoms with E-state index < -0.39 is 64.2 Å². The molecule has 0 fully saturated rings. The van der Waals surface area contributed by atoms with Crippen LogP contribution in [0.25, 0.3) is 0 Å². The van der Waals surface area contributed by atoms with E-state index in [1.54, 1.807) is 0 Å². The molecule has 3 aromatic rings. The number of rotatable bonds is 3. The van der Waals surface area contributed by atoms with Crippen molar-refractivity contribution in [3.8, 4) is 51.7 Å².